The Morgan fingerprint density at radius 2 is 1.23 bits per heavy atom. The second kappa shape index (κ2) is 8.30. The number of rotatable bonds is 5. The van der Waals surface area contributed by atoms with Gasteiger partial charge in [0.05, 0.1) is 12.2 Å². The number of esters is 1. The minimum absolute atomic E-state index is 0.307. The van der Waals surface area contributed by atoms with Gasteiger partial charge in [-0.1, -0.05) is 90.5 Å². The summed E-state index contributed by atoms with van der Waals surface area (Å²) in [4.78, 5) is 12.9. The summed E-state index contributed by atoms with van der Waals surface area (Å²) >= 11 is 0. The first kappa shape index (κ1) is 17.7. The number of hydrogen-bond acceptors (Lipinski definition) is 2. The molecule has 0 aliphatic heterocycles. The highest BCUT2D eigenvalue weighted by molar-refractivity contribution is 6.26. The van der Waals surface area contributed by atoms with Crippen molar-refractivity contribution in [3.8, 4) is 0 Å². The Hall–Kier alpha value is -3.13. The molecule has 0 aliphatic carbocycles. The fourth-order valence-corrected chi connectivity index (χ4v) is 2.95. The van der Waals surface area contributed by atoms with Crippen LogP contribution < -0.4 is 0 Å². The van der Waals surface area contributed by atoms with E-state index in [1.54, 1.807) is 0 Å². The third-order valence-electron chi connectivity index (χ3n) is 4.19. The molecule has 0 fully saturated rings. The van der Waals surface area contributed by atoms with Crippen LogP contribution in [-0.4, -0.2) is 12.6 Å². The summed E-state index contributed by atoms with van der Waals surface area (Å²) in [5, 5.41) is 0. The van der Waals surface area contributed by atoms with E-state index in [0.29, 0.717) is 12.2 Å². The van der Waals surface area contributed by atoms with E-state index in [1.807, 2.05) is 67.6 Å². The average Bonchev–Trinajstić information content (AvgIpc) is 2.68. The van der Waals surface area contributed by atoms with Gasteiger partial charge in [0.1, 0.15) is 0 Å². The summed E-state index contributed by atoms with van der Waals surface area (Å²) in [6.07, 6.45) is 0. The van der Waals surface area contributed by atoms with Crippen molar-refractivity contribution in [2.24, 2.45) is 0 Å². The van der Waals surface area contributed by atoms with Crippen molar-refractivity contribution in [3.05, 3.63) is 107 Å². The Morgan fingerprint density at radius 3 is 1.77 bits per heavy atom. The van der Waals surface area contributed by atoms with Gasteiger partial charge in [0.25, 0.3) is 0 Å². The lowest BCUT2D eigenvalue weighted by atomic mass is 9.89. The van der Waals surface area contributed by atoms with Gasteiger partial charge in [0.15, 0.2) is 0 Å². The first-order valence-corrected chi connectivity index (χ1v) is 8.80. The van der Waals surface area contributed by atoms with Gasteiger partial charge in [-0.25, -0.2) is 4.79 Å². The van der Waals surface area contributed by atoms with E-state index < -0.39 is 0 Å². The lowest BCUT2D eigenvalue weighted by molar-refractivity contribution is -0.136. The second-order valence-corrected chi connectivity index (χ2v) is 6.07. The molecule has 0 radical (unpaired) electrons. The van der Waals surface area contributed by atoms with Gasteiger partial charge in [-0.15, -0.1) is 0 Å². The maximum absolute atomic E-state index is 12.9. The molecule has 0 amide bonds. The molecule has 0 spiro atoms. The molecule has 0 atom stereocenters. The minimum Gasteiger partial charge on any atom is -0.462 e. The van der Waals surface area contributed by atoms with Crippen LogP contribution in [0.2, 0.25) is 0 Å². The zero-order chi connectivity index (χ0) is 18.4. The monoisotopic (exact) mass is 342 g/mol. The first-order chi connectivity index (χ1) is 12.7. The number of hydrogen-bond donors (Lipinski definition) is 0. The summed E-state index contributed by atoms with van der Waals surface area (Å²) in [6.45, 7) is 4.22. The van der Waals surface area contributed by atoms with E-state index in [-0.39, 0.29) is 5.97 Å². The molecule has 0 aromatic heterocycles. The molecule has 3 aromatic carbocycles. The Kier molecular flexibility index (Phi) is 5.65. The van der Waals surface area contributed by atoms with Crippen molar-refractivity contribution in [1.29, 1.82) is 0 Å². The lowest BCUT2D eigenvalue weighted by Crippen LogP contribution is -2.10. The van der Waals surface area contributed by atoms with Crippen molar-refractivity contribution in [1.82, 2.24) is 0 Å². The molecule has 2 nitrogen and oxygen atoms in total. The highest BCUT2D eigenvalue weighted by Crippen LogP contribution is 2.33. The highest BCUT2D eigenvalue weighted by Gasteiger charge is 2.21. The zero-order valence-corrected chi connectivity index (χ0v) is 15.1. The molecule has 130 valence electrons. The quantitative estimate of drug-likeness (QED) is 0.347. The fraction of sp³-hybridized carbons (Fsp3) is 0.125. The van der Waals surface area contributed by atoms with Gasteiger partial charge in [-0.2, -0.15) is 0 Å². The molecule has 26 heavy (non-hydrogen) atoms. The van der Waals surface area contributed by atoms with E-state index in [2.05, 4.69) is 31.2 Å². The summed E-state index contributed by atoms with van der Waals surface area (Å²) in [7, 11) is 0. The molecule has 0 heterocycles. The van der Waals surface area contributed by atoms with E-state index in [4.69, 9.17) is 4.74 Å². The van der Waals surface area contributed by atoms with Gasteiger partial charge in [-0.05, 0) is 30.5 Å². The highest BCUT2D eigenvalue weighted by atomic mass is 16.5. The van der Waals surface area contributed by atoms with E-state index in [1.165, 1.54) is 5.56 Å². The summed E-state index contributed by atoms with van der Waals surface area (Å²) in [5.41, 5.74) is 5.48. The van der Waals surface area contributed by atoms with Crippen molar-refractivity contribution in [2.45, 2.75) is 13.8 Å². The molecule has 2 heteroatoms. The third-order valence-corrected chi connectivity index (χ3v) is 4.19. The van der Waals surface area contributed by atoms with E-state index >= 15 is 0 Å². The van der Waals surface area contributed by atoms with Crippen LogP contribution in [0.15, 0.2) is 84.9 Å². The van der Waals surface area contributed by atoms with Crippen LogP contribution in [0, 0.1) is 6.92 Å². The molecular weight excluding hydrogens is 320 g/mol. The average molecular weight is 342 g/mol. The van der Waals surface area contributed by atoms with Crippen molar-refractivity contribution < 1.29 is 9.53 Å². The van der Waals surface area contributed by atoms with Gasteiger partial charge in [-0.3, -0.25) is 0 Å². The van der Waals surface area contributed by atoms with Crippen LogP contribution in [0.1, 0.15) is 29.2 Å². The van der Waals surface area contributed by atoms with E-state index in [0.717, 1.165) is 22.3 Å². The van der Waals surface area contributed by atoms with Crippen LogP contribution in [-0.2, 0) is 9.53 Å². The number of aryl methyl sites for hydroxylation is 1. The molecule has 0 saturated carbocycles. The SMILES string of the molecule is CCOC(=O)/C(=C(\c1ccccc1)c1ccc(C)cc1)c1ccccc1. The Morgan fingerprint density at radius 1 is 0.731 bits per heavy atom. The summed E-state index contributed by atoms with van der Waals surface area (Å²) < 4.78 is 5.41. The van der Waals surface area contributed by atoms with Crippen LogP contribution in [0.4, 0.5) is 0 Å². The summed E-state index contributed by atoms with van der Waals surface area (Å²) in [6, 6.07) is 27.9. The molecular formula is C24H22O2. The minimum atomic E-state index is -0.307. The van der Waals surface area contributed by atoms with Gasteiger partial charge in [0.2, 0.25) is 0 Å². The van der Waals surface area contributed by atoms with Crippen LogP contribution in [0.5, 0.6) is 0 Å². The van der Waals surface area contributed by atoms with Crippen molar-refractivity contribution >= 4 is 17.1 Å². The molecule has 0 bridgehead atoms. The van der Waals surface area contributed by atoms with Crippen LogP contribution >= 0.6 is 0 Å². The molecule has 0 unspecified atom stereocenters. The molecule has 3 aromatic rings. The Balaban J connectivity index is 2.32. The predicted molar refractivity (Wildman–Crippen MR) is 107 cm³/mol. The Bertz CT molecular complexity index is 892. The second-order valence-electron chi connectivity index (χ2n) is 6.07. The smallest absolute Gasteiger partial charge is 0.339 e. The number of ether oxygens (including phenoxy) is 1. The van der Waals surface area contributed by atoms with Crippen molar-refractivity contribution in [3.63, 3.8) is 0 Å². The fourth-order valence-electron chi connectivity index (χ4n) is 2.95. The number of carbonyl (C=O) groups is 1. The first-order valence-electron chi connectivity index (χ1n) is 8.80. The molecule has 0 N–H and O–H groups in total. The lowest BCUT2D eigenvalue weighted by Gasteiger charge is -2.16. The zero-order valence-electron chi connectivity index (χ0n) is 15.1. The van der Waals surface area contributed by atoms with Crippen LogP contribution in [0.3, 0.4) is 0 Å². The standard InChI is InChI=1S/C24H22O2/c1-3-26-24(25)23(20-12-8-5-9-13-20)22(19-10-6-4-7-11-19)21-16-14-18(2)15-17-21/h4-17H,3H2,1-2H3/b23-22+. The Labute approximate surface area is 154 Å². The molecule has 0 saturated heterocycles. The maximum Gasteiger partial charge on any atom is 0.339 e. The normalized spacial score (nSPS) is 11.6. The topological polar surface area (TPSA) is 26.3 Å². The van der Waals surface area contributed by atoms with Gasteiger partial charge >= 0.3 is 5.97 Å². The third kappa shape index (κ3) is 3.92. The summed E-state index contributed by atoms with van der Waals surface area (Å²) in [5.74, 6) is -0.307. The largest absolute Gasteiger partial charge is 0.462 e. The van der Waals surface area contributed by atoms with Crippen molar-refractivity contribution in [2.75, 3.05) is 6.61 Å². The maximum atomic E-state index is 12.9. The van der Waals surface area contributed by atoms with Gasteiger partial charge < -0.3 is 4.74 Å². The van der Waals surface area contributed by atoms with Gasteiger partial charge in [0, 0.05) is 5.57 Å². The van der Waals surface area contributed by atoms with Crippen LogP contribution in [0.25, 0.3) is 11.1 Å². The predicted octanol–water partition coefficient (Wildman–Crippen LogP) is 5.52. The number of carbonyl (C=O) groups excluding carboxylic acids is 1. The molecule has 3 rings (SSSR count). The van der Waals surface area contributed by atoms with E-state index in [9.17, 15) is 4.79 Å². The number of benzene rings is 3. The molecule has 0 aliphatic rings.